The highest BCUT2D eigenvalue weighted by atomic mass is 79.9. The molecule has 0 aromatic heterocycles. The molecule has 0 aromatic rings. The molecule has 0 amide bonds. The summed E-state index contributed by atoms with van der Waals surface area (Å²) < 4.78 is 0.786. The molecule has 0 spiro atoms. The highest BCUT2D eigenvalue weighted by Crippen LogP contribution is 1.95. The predicted octanol–water partition coefficient (Wildman–Crippen LogP) is 0.966. The average molecular weight is 161 g/mol. The van der Waals surface area contributed by atoms with Gasteiger partial charge in [-0.05, 0) is 0 Å². The first-order chi connectivity index (χ1) is 3.27. The van der Waals surface area contributed by atoms with Crippen LogP contribution in [-0.4, -0.2) is 6.54 Å². The Morgan fingerprint density at radius 2 is 2.57 bits per heavy atom. The van der Waals surface area contributed by atoms with Crippen LogP contribution in [0.5, 0.6) is 0 Å². The first-order valence-corrected chi connectivity index (χ1v) is 2.52. The van der Waals surface area contributed by atoms with Gasteiger partial charge < -0.3 is 5.32 Å². The maximum Gasteiger partial charge on any atom is 0.176 e. The Kier molecular flexibility index (Phi) is 3.43. The Labute approximate surface area is 51.0 Å². The molecule has 1 N–H and O–H groups in total. The number of halogens is 1. The van der Waals surface area contributed by atoms with Gasteiger partial charge in [0.15, 0.2) is 6.19 Å². The SMILES string of the molecule is C=C(Br)CNC#N. The molecule has 2 nitrogen and oxygen atoms in total. The van der Waals surface area contributed by atoms with Crippen molar-refractivity contribution in [3.63, 3.8) is 0 Å². The van der Waals surface area contributed by atoms with E-state index in [2.05, 4.69) is 27.8 Å². The summed E-state index contributed by atoms with van der Waals surface area (Å²) in [7, 11) is 0. The number of nitriles is 1. The van der Waals surface area contributed by atoms with Crippen LogP contribution in [0, 0.1) is 11.5 Å². The summed E-state index contributed by atoms with van der Waals surface area (Å²) >= 11 is 3.07. The standard InChI is InChI=1S/C4H5BrN2/c1-4(5)2-7-3-6/h7H,1-2H2. The van der Waals surface area contributed by atoms with Gasteiger partial charge in [0, 0.05) is 4.48 Å². The van der Waals surface area contributed by atoms with Crippen LogP contribution in [0.4, 0.5) is 0 Å². The minimum atomic E-state index is 0.510. The number of hydrogen-bond acceptors (Lipinski definition) is 2. The van der Waals surface area contributed by atoms with Crippen molar-refractivity contribution in [2.75, 3.05) is 6.54 Å². The lowest BCUT2D eigenvalue weighted by Gasteiger charge is -1.87. The maximum atomic E-state index is 7.89. The van der Waals surface area contributed by atoms with E-state index in [0.717, 1.165) is 4.48 Å². The lowest BCUT2D eigenvalue weighted by Crippen LogP contribution is -2.05. The molecule has 7 heavy (non-hydrogen) atoms. The zero-order chi connectivity index (χ0) is 5.70. The molecule has 0 radical (unpaired) electrons. The normalized spacial score (nSPS) is 6.86. The molecule has 0 unspecified atom stereocenters. The minimum absolute atomic E-state index is 0.510. The molecule has 0 atom stereocenters. The van der Waals surface area contributed by atoms with Gasteiger partial charge in [0.2, 0.25) is 0 Å². The van der Waals surface area contributed by atoms with E-state index in [9.17, 15) is 0 Å². The lowest BCUT2D eigenvalue weighted by molar-refractivity contribution is 0.995. The fraction of sp³-hybridized carbons (Fsp3) is 0.250. The third kappa shape index (κ3) is 5.51. The molecule has 38 valence electrons. The van der Waals surface area contributed by atoms with Gasteiger partial charge in [0.05, 0.1) is 6.54 Å². The van der Waals surface area contributed by atoms with Gasteiger partial charge in [0.25, 0.3) is 0 Å². The van der Waals surface area contributed by atoms with E-state index in [0.29, 0.717) is 6.54 Å². The summed E-state index contributed by atoms with van der Waals surface area (Å²) in [5, 5.41) is 10.3. The van der Waals surface area contributed by atoms with E-state index in [4.69, 9.17) is 5.26 Å². The monoisotopic (exact) mass is 160 g/mol. The third-order valence-electron chi connectivity index (χ3n) is 0.359. The summed E-state index contributed by atoms with van der Waals surface area (Å²) in [5.41, 5.74) is 0. The molecular weight excluding hydrogens is 156 g/mol. The van der Waals surface area contributed by atoms with E-state index in [-0.39, 0.29) is 0 Å². The fourth-order valence-corrected chi connectivity index (χ4v) is 0.276. The molecule has 0 rings (SSSR count). The Balaban J connectivity index is 3.02. The second-order valence-corrected chi connectivity index (χ2v) is 2.10. The van der Waals surface area contributed by atoms with Crippen LogP contribution in [0.3, 0.4) is 0 Å². The number of rotatable bonds is 2. The first kappa shape index (κ1) is 6.51. The molecule has 3 heteroatoms. The number of hydrogen-bond donors (Lipinski definition) is 1. The van der Waals surface area contributed by atoms with Gasteiger partial charge >= 0.3 is 0 Å². The molecule has 0 aromatic carbocycles. The second kappa shape index (κ2) is 3.69. The Morgan fingerprint density at radius 3 is 2.71 bits per heavy atom. The molecule has 0 fully saturated rings. The number of nitrogens with one attached hydrogen (secondary N) is 1. The highest BCUT2D eigenvalue weighted by Gasteiger charge is 1.79. The molecule has 0 aliphatic heterocycles. The molecule has 0 aliphatic carbocycles. The van der Waals surface area contributed by atoms with Crippen molar-refractivity contribution >= 4 is 15.9 Å². The van der Waals surface area contributed by atoms with Gasteiger partial charge in [0.1, 0.15) is 0 Å². The quantitative estimate of drug-likeness (QED) is 0.483. The van der Waals surface area contributed by atoms with Gasteiger partial charge in [-0.25, -0.2) is 0 Å². The van der Waals surface area contributed by atoms with Crippen LogP contribution in [0.25, 0.3) is 0 Å². The van der Waals surface area contributed by atoms with Crippen molar-refractivity contribution < 1.29 is 0 Å². The van der Waals surface area contributed by atoms with Crippen molar-refractivity contribution in [2.24, 2.45) is 0 Å². The lowest BCUT2D eigenvalue weighted by atomic mass is 10.6. The van der Waals surface area contributed by atoms with Crippen LogP contribution < -0.4 is 5.32 Å². The summed E-state index contributed by atoms with van der Waals surface area (Å²) in [6.45, 7) is 4.01. The van der Waals surface area contributed by atoms with Gasteiger partial charge in [-0.3, -0.25) is 0 Å². The fourth-order valence-electron chi connectivity index (χ4n) is 0.135. The minimum Gasteiger partial charge on any atom is -0.319 e. The molecule has 0 saturated carbocycles. The van der Waals surface area contributed by atoms with Crippen molar-refractivity contribution in [2.45, 2.75) is 0 Å². The number of nitrogens with zero attached hydrogens (tertiary/aromatic N) is 1. The average Bonchev–Trinajstić information content (AvgIpc) is 1.61. The van der Waals surface area contributed by atoms with E-state index in [1.807, 2.05) is 0 Å². The Morgan fingerprint density at radius 1 is 2.00 bits per heavy atom. The van der Waals surface area contributed by atoms with Crippen LogP contribution >= 0.6 is 15.9 Å². The van der Waals surface area contributed by atoms with E-state index >= 15 is 0 Å². The summed E-state index contributed by atoms with van der Waals surface area (Å²) in [6.07, 6.45) is 1.76. The Bertz CT molecular complexity index is 103. The van der Waals surface area contributed by atoms with Crippen molar-refractivity contribution in [1.82, 2.24) is 5.32 Å². The van der Waals surface area contributed by atoms with E-state index in [1.165, 1.54) is 0 Å². The molecular formula is C4H5BrN2. The van der Waals surface area contributed by atoms with Gasteiger partial charge in [-0.2, -0.15) is 5.26 Å². The van der Waals surface area contributed by atoms with Gasteiger partial charge in [-0.15, -0.1) is 0 Å². The zero-order valence-corrected chi connectivity index (χ0v) is 5.33. The van der Waals surface area contributed by atoms with E-state index < -0.39 is 0 Å². The second-order valence-electron chi connectivity index (χ2n) is 0.983. The molecule has 0 aliphatic rings. The Hall–Kier alpha value is -0.490. The first-order valence-electron chi connectivity index (χ1n) is 1.72. The van der Waals surface area contributed by atoms with Crippen LogP contribution in [0.2, 0.25) is 0 Å². The summed E-state index contributed by atoms with van der Waals surface area (Å²) in [4.78, 5) is 0. The topological polar surface area (TPSA) is 35.8 Å². The van der Waals surface area contributed by atoms with Gasteiger partial charge in [-0.1, -0.05) is 22.5 Å². The van der Waals surface area contributed by atoms with Crippen LogP contribution in [-0.2, 0) is 0 Å². The third-order valence-corrected chi connectivity index (χ3v) is 0.640. The molecule has 0 heterocycles. The van der Waals surface area contributed by atoms with Crippen LogP contribution in [0.1, 0.15) is 0 Å². The zero-order valence-electron chi connectivity index (χ0n) is 3.74. The smallest absolute Gasteiger partial charge is 0.176 e. The summed E-state index contributed by atoms with van der Waals surface area (Å²) in [6, 6.07) is 0. The predicted molar refractivity (Wildman–Crippen MR) is 31.7 cm³/mol. The highest BCUT2D eigenvalue weighted by molar-refractivity contribution is 9.11. The molecule has 0 bridgehead atoms. The molecule has 0 saturated heterocycles. The summed E-state index contributed by atoms with van der Waals surface area (Å²) in [5.74, 6) is 0. The van der Waals surface area contributed by atoms with Crippen molar-refractivity contribution in [1.29, 1.82) is 5.26 Å². The van der Waals surface area contributed by atoms with Crippen molar-refractivity contribution in [3.05, 3.63) is 11.1 Å². The van der Waals surface area contributed by atoms with E-state index in [1.54, 1.807) is 6.19 Å². The maximum absolute atomic E-state index is 7.89. The van der Waals surface area contributed by atoms with Crippen LogP contribution in [0.15, 0.2) is 11.1 Å². The largest absolute Gasteiger partial charge is 0.319 e. The van der Waals surface area contributed by atoms with Crippen molar-refractivity contribution in [3.8, 4) is 6.19 Å².